The quantitative estimate of drug-likeness (QED) is 0.200. The Morgan fingerprint density at radius 3 is 2.56 bits per heavy atom. The van der Waals surface area contributed by atoms with Crippen molar-refractivity contribution in [3.63, 3.8) is 0 Å². The minimum Gasteiger partial charge on any atom is -0.507 e. The molecule has 0 radical (unpaired) electrons. The van der Waals surface area contributed by atoms with Crippen molar-refractivity contribution in [2.45, 2.75) is 61.4 Å². The Kier molecular flexibility index (Phi) is 8.39. The number of allylic oxidation sites excluding steroid dienone is 1. The summed E-state index contributed by atoms with van der Waals surface area (Å²) in [5, 5.41) is 52.1. The summed E-state index contributed by atoms with van der Waals surface area (Å²) in [6, 6.07) is 3.62. The van der Waals surface area contributed by atoms with Crippen LogP contribution in [-0.4, -0.2) is 98.4 Å². The van der Waals surface area contributed by atoms with Gasteiger partial charge in [-0.2, -0.15) is 12.6 Å². The molecule has 39 heavy (non-hydrogen) atoms. The number of carbonyl (C=O) groups is 3. The molecule has 1 saturated carbocycles. The topological polar surface area (TPSA) is 197 Å². The maximum Gasteiger partial charge on any atom is 0.198 e. The number of fused-ring (bicyclic) bond motifs is 2. The zero-order valence-electron chi connectivity index (χ0n) is 21.5. The molecule has 1 aromatic carbocycles. The number of Topliss-reactive ketones (excluding diaryl/α,β-unsaturated/α-hetero) is 3. The van der Waals surface area contributed by atoms with Crippen LogP contribution < -0.4 is 10.5 Å². The zero-order chi connectivity index (χ0) is 28.8. The summed E-state index contributed by atoms with van der Waals surface area (Å²) < 4.78 is 9.80. The normalized spacial score (nSPS) is 28.9. The summed E-state index contributed by atoms with van der Waals surface area (Å²) in [6.07, 6.45) is -5.06. The number of ether oxygens (including phenoxy) is 2. The molecular weight excluding hydrogens is 530 g/mol. The van der Waals surface area contributed by atoms with Gasteiger partial charge in [-0.3, -0.25) is 14.4 Å². The third-order valence-electron chi connectivity index (χ3n) is 7.84. The molecule has 1 fully saturated rings. The van der Waals surface area contributed by atoms with Crippen molar-refractivity contribution in [3.8, 4) is 5.75 Å². The van der Waals surface area contributed by atoms with E-state index in [2.05, 4.69) is 12.6 Å². The molecule has 12 heteroatoms. The van der Waals surface area contributed by atoms with Gasteiger partial charge in [0.15, 0.2) is 17.3 Å². The largest absolute Gasteiger partial charge is 0.507 e. The number of aliphatic hydroxyl groups is 5. The molecule has 0 aliphatic heterocycles. The number of hydrogen-bond donors (Lipinski definition) is 7. The fraction of sp³-hybridized carbons (Fsp3) is 0.519. The molecule has 3 aliphatic carbocycles. The average molecular weight is 564 g/mol. The van der Waals surface area contributed by atoms with Crippen LogP contribution in [0.15, 0.2) is 40.7 Å². The van der Waals surface area contributed by atoms with E-state index in [0.29, 0.717) is 0 Å². The van der Waals surface area contributed by atoms with Gasteiger partial charge in [-0.1, -0.05) is 12.1 Å². The summed E-state index contributed by atoms with van der Waals surface area (Å²) in [5.41, 5.74) is 5.38. The molecule has 212 valence electrons. The number of methoxy groups -OCH3 is 1. The molecule has 7 unspecified atom stereocenters. The number of benzene rings is 1. The van der Waals surface area contributed by atoms with E-state index in [4.69, 9.17) is 15.2 Å². The first-order valence-electron chi connectivity index (χ1n) is 12.6. The number of aliphatic hydroxyl groups excluding tert-OH is 5. The van der Waals surface area contributed by atoms with Crippen LogP contribution in [0.4, 0.5) is 0 Å². The number of thiol groups is 1. The summed E-state index contributed by atoms with van der Waals surface area (Å²) in [5.74, 6) is -3.42. The van der Waals surface area contributed by atoms with Crippen molar-refractivity contribution >= 4 is 30.0 Å². The van der Waals surface area contributed by atoms with Crippen LogP contribution in [0, 0.1) is 5.92 Å². The predicted octanol–water partition coefficient (Wildman–Crippen LogP) is 0.0417. The van der Waals surface area contributed by atoms with Gasteiger partial charge >= 0.3 is 0 Å². The van der Waals surface area contributed by atoms with Gasteiger partial charge in [0.1, 0.15) is 18.1 Å². The monoisotopic (exact) mass is 563 g/mol. The molecule has 0 heterocycles. The van der Waals surface area contributed by atoms with Gasteiger partial charge in [-0.05, 0) is 37.8 Å². The summed E-state index contributed by atoms with van der Waals surface area (Å²) >= 11 is 4.52. The molecule has 0 spiro atoms. The molecule has 1 aromatic rings. The third-order valence-corrected chi connectivity index (χ3v) is 8.43. The van der Waals surface area contributed by atoms with E-state index in [1.807, 2.05) is 0 Å². The van der Waals surface area contributed by atoms with Crippen molar-refractivity contribution in [1.29, 1.82) is 0 Å². The van der Waals surface area contributed by atoms with E-state index in [0.717, 1.165) is 0 Å². The van der Waals surface area contributed by atoms with Gasteiger partial charge in [0.2, 0.25) is 0 Å². The third kappa shape index (κ3) is 4.95. The second-order valence-corrected chi connectivity index (χ2v) is 11.1. The van der Waals surface area contributed by atoms with Crippen LogP contribution in [0.5, 0.6) is 5.75 Å². The van der Waals surface area contributed by atoms with Crippen LogP contribution in [-0.2, 0) is 9.53 Å². The highest BCUT2D eigenvalue weighted by molar-refractivity contribution is 7.82. The lowest BCUT2D eigenvalue weighted by atomic mass is 9.64. The molecule has 4 rings (SSSR count). The highest BCUT2D eigenvalue weighted by Gasteiger charge is 2.55. The SMILES string of the molecule is COc1cccc2c1C(=O)C1=C(C2=O)C(O)=C2CC(S)(C(=O)CO)CC(OCCC(N)C(O)C(C)O)C2C1O. The Morgan fingerprint density at radius 2 is 1.95 bits per heavy atom. The van der Waals surface area contributed by atoms with Crippen LogP contribution in [0.2, 0.25) is 0 Å². The van der Waals surface area contributed by atoms with Gasteiger partial charge < -0.3 is 40.7 Å². The summed E-state index contributed by atoms with van der Waals surface area (Å²) in [6.45, 7) is 0.488. The second-order valence-electron chi connectivity index (χ2n) is 10.3. The Bertz CT molecular complexity index is 1260. The molecule has 7 atom stereocenters. The lowest BCUT2D eigenvalue weighted by molar-refractivity contribution is -0.127. The molecule has 0 amide bonds. The van der Waals surface area contributed by atoms with Gasteiger partial charge in [-0.15, -0.1) is 0 Å². The highest BCUT2D eigenvalue weighted by atomic mass is 32.1. The van der Waals surface area contributed by atoms with Crippen molar-refractivity contribution in [3.05, 3.63) is 51.8 Å². The molecule has 0 saturated heterocycles. The standard InChI is InChI=1S/C27H33NO10S/c1-11(30)22(32)14(28)6-7-38-16-9-27(39,17(31)10-29)8-13-19(16)26(36)21-20(24(13)34)23(33)12-4-3-5-15(37-2)18(12)25(21)35/h3-5,11,14,16,19,22,26,29-30,32,34,36,39H,6-10,28H2,1-2H3. The van der Waals surface area contributed by atoms with Crippen LogP contribution >= 0.6 is 12.6 Å². The minimum absolute atomic E-state index is 0.00809. The van der Waals surface area contributed by atoms with Crippen LogP contribution in [0.1, 0.15) is 46.9 Å². The van der Waals surface area contributed by atoms with Crippen molar-refractivity contribution in [2.24, 2.45) is 11.7 Å². The fourth-order valence-electron chi connectivity index (χ4n) is 5.72. The first-order valence-corrected chi connectivity index (χ1v) is 13.0. The van der Waals surface area contributed by atoms with E-state index < -0.39 is 70.8 Å². The Hall–Kier alpha value is -2.58. The molecular formula is C27H33NO10S. The zero-order valence-corrected chi connectivity index (χ0v) is 22.4. The van der Waals surface area contributed by atoms with E-state index in [9.17, 15) is 39.9 Å². The van der Waals surface area contributed by atoms with Gasteiger partial charge in [0, 0.05) is 29.7 Å². The first-order chi connectivity index (χ1) is 18.4. The van der Waals surface area contributed by atoms with Crippen molar-refractivity contribution < 1.29 is 49.4 Å². The number of hydrogen-bond acceptors (Lipinski definition) is 12. The van der Waals surface area contributed by atoms with Crippen molar-refractivity contribution in [2.75, 3.05) is 20.3 Å². The van der Waals surface area contributed by atoms with Gasteiger partial charge in [-0.25, -0.2) is 0 Å². The van der Waals surface area contributed by atoms with Crippen LogP contribution in [0.25, 0.3) is 0 Å². The van der Waals surface area contributed by atoms with E-state index in [1.165, 1.54) is 32.2 Å². The van der Waals surface area contributed by atoms with E-state index in [1.54, 1.807) is 0 Å². The molecule has 0 aromatic heterocycles. The maximum absolute atomic E-state index is 13.6. The second kappa shape index (κ2) is 11.1. The summed E-state index contributed by atoms with van der Waals surface area (Å²) in [7, 11) is 1.35. The lowest BCUT2D eigenvalue weighted by Gasteiger charge is -2.47. The molecule has 11 nitrogen and oxygen atoms in total. The van der Waals surface area contributed by atoms with E-state index in [-0.39, 0.29) is 59.5 Å². The maximum atomic E-state index is 13.6. The lowest BCUT2D eigenvalue weighted by Crippen LogP contribution is -2.53. The predicted molar refractivity (Wildman–Crippen MR) is 141 cm³/mol. The fourth-order valence-corrected chi connectivity index (χ4v) is 6.14. The molecule has 3 aliphatic rings. The number of rotatable bonds is 9. The van der Waals surface area contributed by atoms with Gasteiger partial charge in [0.25, 0.3) is 0 Å². The first kappa shape index (κ1) is 29.4. The van der Waals surface area contributed by atoms with Crippen molar-refractivity contribution in [1.82, 2.24) is 0 Å². The number of ketones is 3. The minimum atomic E-state index is -1.58. The highest BCUT2D eigenvalue weighted by Crippen LogP contribution is 2.51. The Balaban J connectivity index is 1.76. The van der Waals surface area contributed by atoms with Gasteiger partial charge in [0.05, 0.1) is 47.4 Å². The number of carbonyl (C=O) groups excluding carboxylic acids is 3. The Morgan fingerprint density at radius 1 is 1.26 bits per heavy atom. The number of nitrogens with two attached hydrogens (primary N) is 1. The smallest absolute Gasteiger partial charge is 0.198 e. The van der Waals surface area contributed by atoms with E-state index >= 15 is 0 Å². The Labute approximate surface area is 230 Å². The average Bonchev–Trinajstić information content (AvgIpc) is 2.91. The summed E-state index contributed by atoms with van der Waals surface area (Å²) in [4.78, 5) is 39.9. The molecule has 0 bridgehead atoms. The van der Waals surface area contributed by atoms with Crippen LogP contribution in [0.3, 0.4) is 0 Å². The molecule has 7 N–H and O–H groups in total.